The zero-order chi connectivity index (χ0) is 20.6. The second kappa shape index (κ2) is 7.64. The number of imidazole rings is 1. The van der Waals surface area contributed by atoms with Crippen molar-refractivity contribution in [2.24, 2.45) is 5.84 Å². The molecule has 11 heteroatoms. The molecule has 3 aromatic heterocycles. The van der Waals surface area contributed by atoms with Crippen molar-refractivity contribution in [3.05, 3.63) is 46.7 Å². The van der Waals surface area contributed by atoms with Gasteiger partial charge in [-0.3, -0.25) is 14.2 Å². The van der Waals surface area contributed by atoms with E-state index in [1.54, 1.807) is 23.0 Å². The van der Waals surface area contributed by atoms with Crippen LogP contribution in [-0.4, -0.2) is 37.4 Å². The molecule has 3 N–H and O–H groups in total. The van der Waals surface area contributed by atoms with Crippen LogP contribution in [0.2, 0.25) is 0 Å². The number of thiazole rings is 1. The highest BCUT2D eigenvalue weighted by Crippen LogP contribution is 2.30. The van der Waals surface area contributed by atoms with Crippen LogP contribution in [0.4, 0.5) is 19.0 Å². The quantitative estimate of drug-likeness (QED) is 0.380. The normalized spacial score (nSPS) is 20.0. The van der Waals surface area contributed by atoms with E-state index < -0.39 is 11.9 Å². The summed E-state index contributed by atoms with van der Waals surface area (Å²) < 4.78 is 40.3. The number of amides is 1. The first-order valence-corrected chi connectivity index (χ1v) is 10.1. The number of hydrazine groups is 1. The van der Waals surface area contributed by atoms with Crippen molar-refractivity contribution in [1.29, 1.82) is 0 Å². The molecule has 0 bridgehead atoms. The Hall–Kier alpha value is -2.66. The van der Waals surface area contributed by atoms with E-state index in [4.69, 9.17) is 5.84 Å². The number of alkyl halides is 3. The van der Waals surface area contributed by atoms with Gasteiger partial charge in [-0.25, -0.2) is 15.8 Å². The molecule has 7 nitrogen and oxygen atoms in total. The molecule has 154 valence electrons. The molecule has 1 fully saturated rings. The standard InChI is InChI=1S/C18H19F3N6OS/c19-18(20,21)14-8-26-15(2-1-3-16(26)25-14)24-11-4-6-12(7-5-11)27(22)17(28)13-9-29-10-23-13/h1-3,8-12,24H,4-7,22H2. The van der Waals surface area contributed by atoms with E-state index in [1.165, 1.54) is 26.8 Å². The molecule has 0 radical (unpaired) electrons. The topological polar surface area (TPSA) is 88.5 Å². The lowest BCUT2D eigenvalue weighted by atomic mass is 9.90. The monoisotopic (exact) mass is 424 g/mol. The van der Waals surface area contributed by atoms with E-state index in [9.17, 15) is 18.0 Å². The van der Waals surface area contributed by atoms with Crippen LogP contribution < -0.4 is 11.2 Å². The molecule has 1 aliphatic carbocycles. The molecule has 0 unspecified atom stereocenters. The number of halogens is 3. The molecule has 0 atom stereocenters. The van der Waals surface area contributed by atoms with Gasteiger partial charge in [0.05, 0.1) is 5.51 Å². The lowest BCUT2D eigenvalue weighted by molar-refractivity contribution is -0.140. The molecule has 0 saturated heterocycles. The fourth-order valence-electron chi connectivity index (χ4n) is 3.59. The first-order valence-electron chi connectivity index (χ1n) is 9.11. The third kappa shape index (κ3) is 4.06. The van der Waals surface area contributed by atoms with Gasteiger partial charge in [-0.1, -0.05) is 6.07 Å². The molecule has 0 spiro atoms. The van der Waals surface area contributed by atoms with Gasteiger partial charge in [0.2, 0.25) is 0 Å². The van der Waals surface area contributed by atoms with Crippen LogP contribution in [0.5, 0.6) is 0 Å². The molecule has 4 rings (SSSR count). The molecule has 0 aromatic carbocycles. The zero-order valence-corrected chi connectivity index (χ0v) is 16.1. The van der Waals surface area contributed by atoms with Gasteiger partial charge in [-0.2, -0.15) is 13.2 Å². The van der Waals surface area contributed by atoms with E-state index in [2.05, 4.69) is 15.3 Å². The summed E-state index contributed by atoms with van der Waals surface area (Å²) >= 11 is 1.34. The van der Waals surface area contributed by atoms with E-state index in [0.717, 1.165) is 19.0 Å². The average molecular weight is 424 g/mol. The summed E-state index contributed by atoms with van der Waals surface area (Å²) in [4.78, 5) is 20.0. The fourth-order valence-corrected chi connectivity index (χ4v) is 4.11. The maximum Gasteiger partial charge on any atom is 0.434 e. The Morgan fingerprint density at radius 1 is 1.28 bits per heavy atom. The number of pyridine rings is 1. The third-order valence-electron chi connectivity index (χ3n) is 5.11. The number of fused-ring (bicyclic) bond motifs is 1. The highest BCUT2D eigenvalue weighted by atomic mass is 32.1. The van der Waals surface area contributed by atoms with Crippen LogP contribution in [0.1, 0.15) is 41.9 Å². The van der Waals surface area contributed by atoms with E-state index in [-0.39, 0.29) is 23.6 Å². The molecule has 3 heterocycles. The van der Waals surface area contributed by atoms with Crippen molar-refractivity contribution in [3.8, 4) is 0 Å². The highest BCUT2D eigenvalue weighted by Gasteiger charge is 2.34. The number of hydrogen-bond donors (Lipinski definition) is 2. The SMILES string of the molecule is NN(C(=O)c1cscn1)C1CCC(Nc2cccc3nc(C(F)(F)F)cn23)CC1. The number of aromatic nitrogens is 3. The van der Waals surface area contributed by atoms with Crippen LogP contribution in [0.25, 0.3) is 5.65 Å². The molecular weight excluding hydrogens is 405 g/mol. The number of nitrogens with one attached hydrogen (secondary N) is 1. The fraction of sp³-hybridized carbons (Fsp3) is 0.389. The molecule has 1 saturated carbocycles. The van der Waals surface area contributed by atoms with Crippen LogP contribution >= 0.6 is 11.3 Å². The van der Waals surface area contributed by atoms with E-state index in [0.29, 0.717) is 24.4 Å². The maximum absolute atomic E-state index is 13.0. The summed E-state index contributed by atoms with van der Waals surface area (Å²) in [5, 5.41) is 6.22. The largest absolute Gasteiger partial charge is 0.434 e. The van der Waals surface area contributed by atoms with Crippen LogP contribution in [-0.2, 0) is 6.18 Å². The minimum Gasteiger partial charge on any atom is -0.368 e. The second-order valence-electron chi connectivity index (χ2n) is 7.00. The average Bonchev–Trinajstić information content (AvgIpc) is 3.37. The highest BCUT2D eigenvalue weighted by molar-refractivity contribution is 7.07. The Labute approximate surface area is 168 Å². The molecule has 0 aliphatic heterocycles. The number of anilines is 1. The number of nitrogens with two attached hydrogens (primary N) is 1. The third-order valence-corrected chi connectivity index (χ3v) is 5.70. The number of nitrogens with zero attached hydrogens (tertiary/aromatic N) is 4. The van der Waals surface area contributed by atoms with Gasteiger partial charge >= 0.3 is 6.18 Å². The molecule has 1 aliphatic rings. The van der Waals surface area contributed by atoms with Gasteiger partial charge < -0.3 is 5.32 Å². The molecule has 3 aromatic rings. The minimum atomic E-state index is -4.49. The number of carbonyl (C=O) groups is 1. The summed E-state index contributed by atoms with van der Waals surface area (Å²) in [6.45, 7) is 0. The minimum absolute atomic E-state index is 0.0661. The van der Waals surface area contributed by atoms with Crippen molar-refractivity contribution < 1.29 is 18.0 Å². The molecular formula is C18H19F3N6OS. The first kappa shape index (κ1) is 19.6. The van der Waals surface area contributed by atoms with Gasteiger partial charge in [0.15, 0.2) is 5.69 Å². The van der Waals surface area contributed by atoms with Crippen molar-refractivity contribution >= 4 is 28.7 Å². The Morgan fingerprint density at radius 3 is 2.69 bits per heavy atom. The number of hydrogen-bond acceptors (Lipinski definition) is 6. The first-order chi connectivity index (χ1) is 13.8. The predicted molar refractivity (Wildman–Crippen MR) is 102 cm³/mol. The summed E-state index contributed by atoms with van der Waals surface area (Å²) in [6.07, 6.45) is -0.636. The Morgan fingerprint density at radius 2 is 2.03 bits per heavy atom. The zero-order valence-electron chi connectivity index (χ0n) is 15.3. The van der Waals surface area contributed by atoms with Crippen LogP contribution in [0.3, 0.4) is 0 Å². The second-order valence-corrected chi connectivity index (χ2v) is 7.72. The number of carbonyl (C=O) groups excluding carboxylic acids is 1. The van der Waals surface area contributed by atoms with Crippen LogP contribution in [0, 0.1) is 0 Å². The summed E-state index contributed by atoms with van der Waals surface area (Å²) in [7, 11) is 0. The molecule has 1 amide bonds. The Bertz CT molecular complexity index is 995. The lowest BCUT2D eigenvalue weighted by Crippen LogP contribution is -2.48. The Balaban J connectivity index is 1.41. The van der Waals surface area contributed by atoms with Crippen LogP contribution in [0.15, 0.2) is 35.3 Å². The van der Waals surface area contributed by atoms with Gasteiger partial charge in [0.1, 0.15) is 17.2 Å². The van der Waals surface area contributed by atoms with Gasteiger partial charge in [0.25, 0.3) is 5.91 Å². The maximum atomic E-state index is 13.0. The van der Waals surface area contributed by atoms with Crippen molar-refractivity contribution in [2.45, 2.75) is 43.9 Å². The van der Waals surface area contributed by atoms with Gasteiger partial charge in [-0.05, 0) is 37.8 Å². The summed E-state index contributed by atoms with van der Waals surface area (Å²) in [5.41, 5.74) is 1.24. The van der Waals surface area contributed by atoms with E-state index >= 15 is 0 Å². The summed E-state index contributed by atoms with van der Waals surface area (Å²) in [5.74, 6) is 6.26. The predicted octanol–water partition coefficient (Wildman–Crippen LogP) is 3.55. The lowest BCUT2D eigenvalue weighted by Gasteiger charge is -2.34. The van der Waals surface area contributed by atoms with Crippen molar-refractivity contribution in [3.63, 3.8) is 0 Å². The molecule has 29 heavy (non-hydrogen) atoms. The van der Waals surface area contributed by atoms with Crippen molar-refractivity contribution in [2.75, 3.05) is 5.32 Å². The van der Waals surface area contributed by atoms with Crippen molar-refractivity contribution in [1.82, 2.24) is 19.4 Å². The summed E-state index contributed by atoms with van der Waals surface area (Å²) in [6, 6.07) is 4.90. The van der Waals surface area contributed by atoms with E-state index in [1.807, 2.05) is 0 Å². The number of rotatable bonds is 4. The smallest absolute Gasteiger partial charge is 0.368 e. The van der Waals surface area contributed by atoms with Gasteiger partial charge in [-0.15, -0.1) is 11.3 Å². The Kier molecular flexibility index (Phi) is 5.17. The van der Waals surface area contributed by atoms with Gasteiger partial charge in [0, 0.05) is 23.7 Å².